The molecule has 0 atom stereocenters. The van der Waals surface area contributed by atoms with Crippen LogP contribution in [0.15, 0.2) is 72.8 Å². The second kappa shape index (κ2) is 13.1. The van der Waals surface area contributed by atoms with Crippen molar-refractivity contribution in [2.45, 2.75) is 52.0 Å². The van der Waals surface area contributed by atoms with E-state index in [0.717, 1.165) is 67.7 Å². The normalized spacial score (nSPS) is 11.1. The van der Waals surface area contributed by atoms with Crippen LogP contribution in [0.25, 0.3) is 11.0 Å². The van der Waals surface area contributed by atoms with E-state index < -0.39 is 0 Å². The van der Waals surface area contributed by atoms with E-state index in [-0.39, 0.29) is 5.91 Å². The molecule has 188 valence electrons. The van der Waals surface area contributed by atoms with Gasteiger partial charge < -0.3 is 14.6 Å². The lowest BCUT2D eigenvalue weighted by molar-refractivity contribution is 0.0953. The summed E-state index contributed by atoms with van der Waals surface area (Å²) in [4.78, 5) is 17.2. The average Bonchev–Trinajstić information content (AvgIpc) is 3.24. The summed E-state index contributed by atoms with van der Waals surface area (Å²) in [5, 5.41) is 3.67. The van der Waals surface area contributed by atoms with E-state index in [1.165, 1.54) is 5.52 Å². The highest BCUT2D eigenvalue weighted by molar-refractivity contribution is 6.32. The fourth-order valence-corrected chi connectivity index (χ4v) is 4.47. The number of para-hydroxylation sites is 3. The number of carbonyl (C=O) groups excluding carboxylic acids is 1. The fraction of sp³-hybridized carbons (Fsp3) is 0.333. The van der Waals surface area contributed by atoms with Gasteiger partial charge in [-0.25, -0.2) is 4.98 Å². The van der Waals surface area contributed by atoms with Crippen molar-refractivity contribution in [2.24, 2.45) is 0 Å². The number of imidazole rings is 1. The molecule has 4 rings (SSSR count). The summed E-state index contributed by atoms with van der Waals surface area (Å²) in [5.74, 6) is 1.87. The first-order valence-electron chi connectivity index (χ1n) is 12.8. The molecule has 0 saturated carbocycles. The van der Waals surface area contributed by atoms with Crippen LogP contribution < -0.4 is 10.1 Å². The maximum Gasteiger partial charge on any atom is 0.251 e. The van der Waals surface area contributed by atoms with Gasteiger partial charge in [0.1, 0.15) is 11.6 Å². The number of aryl methyl sites for hydroxylation is 3. The highest BCUT2D eigenvalue weighted by Gasteiger charge is 2.10. The van der Waals surface area contributed by atoms with Gasteiger partial charge in [-0.3, -0.25) is 4.79 Å². The molecule has 1 N–H and O–H groups in total. The first kappa shape index (κ1) is 25.8. The second-order valence-electron chi connectivity index (χ2n) is 9.09. The third-order valence-corrected chi connectivity index (χ3v) is 6.59. The number of rotatable bonds is 13. The van der Waals surface area contributed by atoms with E-state index in [9.17, 15) is 4.79 Å². The lowest BCUT2D eigenvalue weighted by Gasteiger charge is -2.11. The molecule has 5 nitrogen and oxygen atoms in total. The summed E-state index contributed by atoms with van der Waals surface area (Å²) in [6.45, 7) is 4.26. The molecule has 0 radical (unpaired) electrons. The molecule has 0 bridgehead atoms. The van der Waals surface area contributed by atoms with Gasteiger partial charge in [0.15, 0.2) is 0 Å². The van der Waals surface area contributed by atoms with Crippen molar-refractivity contribution in [2.75, 3.05) is 13.2 Å². The van der Waals surface area contributed by atoms with E-state index in [4.69, 9.17) is 21.3 Å². The summed E-state index contributed by atoms with van der Waals surface area (Å²) < 4.78 is 8.19. The molecule has 1 amide bonds. The van der Waals surface area contributed by atoms with Gasteiger partial charge in [0.2, 0.25) is 0 Å². The molecule has 0 unspecified atom stereocenters. The van der Waals surface area contributed by atoms with Crippen LogP contribution in [0.1, 0.15) is 53.8 Å². The fourth-order valence-electron chi connectivity index (χ4n) is 4.28. The molecule has 1 heterocycles. The minimum absolute atomic E-state index is 0.00434. The zero-order chi connectivity index (χ0) is 25.2. The van der Waals surface area contributed by atoms with Crippen LogP contribution in [0.2, 0.25) is 5.02 Å². The monoisotopic (exact) mass is 503 g/mol. The summed E-state index contributed by atoms with van der Waals surface area (Å²) in [7, 11) is 0. The third kappa shape index (κ3) is 7.11. The number of halogens is 1. The molecule has 0 aliphatic rings. The Balaban J connectivity index is 1.22. The van der Waals surface area contributed by atoms with Crippen molar-refractivity contribution in [1.82, 2.24) is 14.9 Å². The van der Waals surface area contributed by atoms with Crippen molar-refractivity contribution in [3.8, 4) is 5.75 Å². The Hall–Kier alpha value is -3.31. The van der Waals surface area contributed by atoms with Gasteiger partial charge in [-0.05, 0) is 69.0 Å². The second-order valence-corrected chi connectivity index (χ2v) is 9.49. The average molecular weight is 504 g/mol. The number of carbonyl (C=O) groups is 1. The topological polar surface area (TPSA) is 56.2 Å². The molecule has 0 aliphatic heterocycles. The smallest absolute Gasteiger partial charge is 0.251 e. The van der Waals surface area contributed by atoms with Crippen LogP contribution in [0, 0.1) is 6.92 Å². The number of nitrogens with one attached hydrogen (secondary N) is 1. The van der Waals surface area contributed by atoms with Gasteiger partial charge in [-0.15, -0.1) is 0 Å². The number of amides is 1. The molecule has 6 heteroatoms. The maximum atomic E-state index is 12.3. The SMILES string of the molecule is Cc1ccc(C(=O)NCCCCCc2nc3ccccc3n2CCCCOc2ccccc2Cl)cc1. The Labute approximate surface area is 218 Å². The number of benzene rings is 3. The van der Waals surface area contributed by atoms with Crippen LogP contribution in [-0.4, -0.2) is 28.6 Å². The Bertz CT molecular complexity index is 1270. The number of ether oxygens (including phenoxy) is 1. The largest absolute Gasteiger partial charge is 0.492 e. The van der Waals surface area contributed by atoms with Crippen LogP contribution in [0.4, 0.5) is 0 Å². The summed E-state index contributed by atoms with van der Waals surface area (Å²) in [6.07, 6.45) is 5.91. The molecule has 1 aromatic heterocycles. The quantitative estimate of drug-likeness (QED) is 0.200. The predicted octanol–water partition coefficient (Wildman–Crippen LogP) is 7.00. The van der Waals surface area contributed by atoms with Crippen LogP contribution in [0.3, 0.4) is 0 Å². The number of hydrogen-bond donors (Lipinski definition) is 1. The number of fused-ring (bicyclic) bond motifs is 1. The highest BCUT2D eigenvalue weighted by atomic mass is 35.5. The Morgan fingerprint density at radius 3 is 2.53 bits per heavy atom. The standard InChI is InChI=1S/C30H34ClN3O2/c1-23-16-18-24(19-17-23)30(35)32-20-8-2-3-15-29-33-26-12-5-6-13-27(26)34(29)21-9-10-22-36-28-14-7-4-11-25(28)31/h4-7,11-14,16-19H,2-3,8-10,15,20-22H2,1H3,(H,32,35). The Morgan fingerprint density at radius 2 is 1.69 bits per heavy atom. The minimum atomic E-state index is -0.00434. The van der Waals surface area contributed by atoms with Crippen LogP contribution in [-0.2, 0) is 13.0 Å². The van der Waals surface area contributed by atoms with Crippen molar-refractivity contribution >= 4 is 28.5 Å². The first-order valence-corrected chi connectivity index (χ1v) is 13.2. The van der Waals surface area contributed by atoms with Crippen molar-refractivity contribution in [3.63, 3.8) is 0 Å². The van der Waals surface area contributed by atoms with Crippen LogP contribution in [0.5, 0.6) is 5.75 Å². The summed E-state index contributed by atoms with van der Waals surface area (Å²) in [6, 6.07) is 23.6. The third-order valence-electron chi connectivity index (χ3n) is 6.28. The van der Waals surface area contributed by atoms with Crippen molar-refractivity contribution < 1.29 is 9.53 Å². The summed E-state index contributed by atoms with van der Waals surface area (Å²) >= 11 is 6.18. The number of unbranched alkanes of at least 4 members (excludes halogenated alkanes) is 3. The molecule has 4 aromatic rings. The molecule has 0 spiro atoms. The molecule has 3 aromatic carbocycles. The Morgan fingerprint density at radius 1 is 0.917 bits per heavy atom. The molecule has 0 aliphatic carbocycles. The first-order chi connectivity index (χ1) is 17.6. The molecule has 0 saturated heterocycles. The maximum absolute atomic E-state index is 12.3. The summed E-state index contributed by atoms with van der Waals surface area (Å²) in [5.41, 5.74) is 4.10. The molecule has 36 heavy (non-hydrogen) atoms. The molecule has 0 fully saturated rings. The lowest BCUT2D eigenvalue weighted by atomic mass is 10.1. The van der Waals surface area contributed by atoms with Gasteiger partial charge in [-0.2, -0.15) is 0 Å². The number of nitrogens with zero attached hydrogens (tertiary/aromatic N) is 2. The van der Waals surface area contributed by atoms with Gasteiger partial charge in [-0.1, -0.05) is 60.0 Å². The van der Waals surface area contributed by atoms with E-state index in [0.29, 0.717) is 23.7 Å². The van der Waals surface area contributed by atoms with Crippen molar-refractivity contribution in [3.05, 3.63) is 94.8 Å². The number of aromatic nitrogens is 2. The zero-order valence-electron chi connectivity index (χ0n) is 20.9. The highest BCUT2D eigenvalue weighted by Crippen LogP contribution is 2.23. The predicted molar refractivity (Wildman–Crippen MR) is 147 cm³/mol. The van der Waals surface area contributed by atoms with Crippen molar-refractivity contribution in [1.29, 1.82) is 0 Å². The van der Waals surface area contributed by atoms with E-state index >= 15 is 0 Å². The number of hydrogen-bond acceptors (Lipinski definition) is 3. The van der Waals surface area contributed by atoms with Gasteiger partial charge in [0, 0.05) is 25.1 Å². The van der Waals surface area contributed by atoms with E-state index in [1.54, 1.807) is 0 Å². The van der Waals surface area contributed by atoms with Crippen LogP contribution >= 0.6 is 11.6 Å². The minimum Gasteiger partial charge on any atom is -0.492 e. The Kier molecular flexibility index (Phi) is 9.40. The molecular formula is C30H34ClN3O2. The molecular weight excluding hydrogens is 470 g/mol. The van der Waals surface area contributed by atoms with Gasteiger partial charge in [0.25, 0.3) is 5.91 Å². The van der Waals surface area contributed by atoms with E-state index in [2.05, 4.69) is 28.1 Å². The van der Waals surface area contributed by atoms with E-state index in [1.807, 2.05) is 61.5 Å². The van der Waals surface area contributed by atoms with Gasteiger partial charge in [0.05, 0.1) is 22.7 Å². The zero-order valence-corrected chi connectivity index (χ0v) is 21.6. The lowest BCUT2D eigenvalue weighted by Crippen LogP contribution is -2.24. The van der Waals surface area contributed by atoms with Gasteiger partial charge >= 0.3 is 0 Å².